The molecule has 0 aliphatic carbocycles. The Morgan fingerprint density at radius 1 is 0.943 bits per heavy atom. The molecule has 0 aliphatic heterocycles. The quantitative estimate of drug-likeness (QED) is 0.279. The van der Waals surface area contributed by atoms with E-state index in [1.807, 2.05) is 0 Å². The Balaban J connectivity index is 2.30. The molecule has 2 rings (SSSR count). The molecule has 190 valence electrons. The number of benzene rings is 2. The smallest absolute Gasteiger partial charge is 0.353 e. The number of anilines is 1. The highest BCUT2D eigenvalue weighted by Gasteiger charge is 2.35. The van der Waals surface area contributed by atoms with E-state index in [1.165, 1.54) is 7.11 Å². The first-order valence-corrected chi connectivity index (χ1v) is 11.0. The number of oxime groups is 1. The molecule has 2 aromatic carbocycles. The van der Waals surface area contributed by atoms with Gasteiger partial charge in [0, 0.05) is 17.3 Å². The number of carboxylic acid groups (broad SMARTS) is 1. The van der Waals surface area contributed by atoms with Crippen LogP contribution in [0.15, 0.2) is 47.6 Å². The number of carboxylic acids is 1. The van der Waals surface area contributed by atoms with Crippen LogP contribution in [-0.2, 0) is 19.2 Å². The first-order chi connectivity index (χ1) is 16.3. The molecular weight excluding hydrogens is 452 g/mol. The van der Waals surface area contributed by atoms with Crippen molar-refractivity contribution in [3.05, 3.63) is 53.6 Å². The molecule has 1 unspecified atom stereocenters. The van der Waals surface area contributed by atoms with Crippen LogP contribution in [0, 0.1) is 0 Å². The van der Waals surface area contributed by atoms with E-state index in [9.17, 15) is 14.7 Å². The average Bonchev–Trinajstić information content (AvgIpc) is 2.79. The lowest BCUT2D eigenvalue weighted by atomic mass is 10.1. The highest BCUT2D eigenvalue weighted by Crippen LogP contribution is 2.27. The van der Waals surface area contributed by atoms with Crippen molar-refractivity contribution >= 4 is 23.3 Å². The van der Waals surface area contributed by atoms with E-state index in [2.05, 4.69) is 10.5 Å². The molecule has 35 heavy (non-hydrogen) atoms. The van der Waals surface area contributed by atoms with Crippen LogP contribution in [0.1, 0.15) is 58.7 Å². The van der Waals surface area contributed by atoms with Crippen LogP contribution in [0.3, 0.4) is 0 Å². The fourth-order valence-electron chi connectivity index (χ4n) is 2.93. The zero-order chi connectivity index (χ0) is 26.4. The van der Waals surface area contributed by atoms with Crippen LogP contribution in [-0.4, -0.2) is 48.2 Å². The van der Waals surface area contributed by atoms with E-state index in [0.29, 0.717) is 34.0 Å². The lowest BCUT2D eigenvalue weighted by molar-refractivity contribution is -0.179. The number of aliphatic carboxylic acids is 1. The van der Waals surface area contributed by atoms with E-state index in [0.717, 1.165) is 0 Å². The standard InChI is InChI=1S/C26H34N2O7/c1-16(28-35-26(5,6)24(31)34-25(2,3)4)18-13-19(15-21(14-18)33-8)27-22(23(29)30)17-9-11-20(32-7)12-10-17/h9-15,22,27H,1-8H3,(H,29,30)/b28-16+. The van der Waals surface area contributed by atoms with E-state index < -0.39 is 29.2 Å². The number of nitrogens with zero attached hydrogens (tertiary/aromatic N) is 1. The van der Waals surface area contributed by atoms with E-state index in [-0.39, 0.29) is 0 Å². The van der Waals surface area contributed by atoms with Crippen LogP contribution in [0.2, 0.25) is 0 Å². The second kappa shape index (κ2) is 11.1. The highest BCUT2D eigenvalue weighted by molar-refractivity contribution is 5.99. The number of hydrogen-bond donors (Lipinski definition) is 2. The highest BCUT2D eigenvalue weighted by atomic mass is 16.7. The summed E-state index contributed by atoms with van der Waals surface area (Å²) >= 11 is 0. The van der Waals surface area contributed by atoms with Gasteiger partial charge in [0.25, 0.3) is 0 Å². The molecule has 0 aromatic heterocycles. The van der Waals surface area contributed by atoms with E-state index >= 15 is 0 Å². The normalized spacial score (nSPS) is 13.0. The average molecular weight is 487 g/mol. The summed E-state index contributed by atoms with van der Waals surface area (Å²) in [6, 6.07) is 10.9. The molecule has 2 N–H and O–H groups in total. The molecule has 0 bridgehead atoms. The number of hydrogen-bond acceptors (Lipinski definition) is 8. The maximum Gasteiger partial charge on any atom is 0.353 e. The van der Waals surface area contributed by atoms with E-state index in [4.69, 9.17) is 19.0 Å². The van der Waals surface area contributed by atoms with Gasteiger partial charge in [0.05, 0.1) is 19.9 Å². The fourth-order valence-corrected chi connectivity index (χ4v) is 2.93. The predicted octanol–water partition coefficient (Wildman–Crippen LogP) is 4.80. The van der Waals surface area contributed by atoms with Gasteiger partial charge in [0.1, 0.15) is 17.1 Å². The van der Waals surface area contributed by atoms with Gasteiger partial charge in [-0.1, -0.05) is 17.3 Å². The van der Waals surface area contributed by atoms with Crippen molar-refractivity contribution in [3.63, 3.8) is 0 Å². The van der Waals surface area contributed by atoms with Gasteiger partial charge in [-0.25, -0.2) is 9.59 Å². The maximum atomic E-state index is 12.4. The largest absolute Gasteiger partial charge is 0.497 e. The van der Waals surface area contributed by atoms with Gasteiger partial charge in [-0.2, -0.15) is 0 Å². The number of ether oxygens (including phenoxy) is 3. The summed E-state index contributed by atoms with van der Waals surface area (Å²) in [5, 5.41) is 17.0. The lowest BCUT2D eigenvalue weighted by Crippen LogP contribution is -2.40. The Labute approximate surface area is 206 Å². The Kier molecular flexibility index (Phi) is 8.73. The molecule has 0 radical (unpaired) electrons. The van der Waals surface area contributed by atoms with Gasteiger partial charge in [0.2, 0.25) is 5.60 Å². The minimum Gasteiger partial charge on any atom is -0.497 e. The third-order valence-electron chi connectivity index (χ3n) is 4.87. The minimum atomic E-state index is -1.31. The molecule has 0 amide bonds. The molecule has 1 atom stereocenters. The third-order valence-corrected chi connectivity index (χ3v) is 4.87. The molecule has 0 saturated carbocycles. The number of rotatable bonds is 10. The van der Waals surface area contributed by atoms with Crippen molar-refractivity contribution in [2.45, 2.75) is 58.8 Å². The molecule has 0 aliphatic rings. The van der Waals surface area contributed by atoms with E-state index in [1.54, 1.807) is 91.1 Å². The molecule has 9 nitrogen and oxygen atoms in total. The number of carbonyl (C=O) groups excluding carboxylic acids is 1. The van der Waals surface area contributed by atoms with Gasteiger partial charge in [0.15, 0.2) is 6.04 Å². The zero-order valence-electron chi connectivity index (χ0n) is 21.5. The monoisotopic (exact) mass is 486 g/mol. The second-order valence-corrected chi connectivity index (χ2v) is 9.42. The zero-order valence-corrected chi connectivity index (χ0v) is 21.5. The number of nitrogens with one attached hydrogen (secondary N) is 1. The lowest BCUT2D eigenvalue weighted by Gasteiger charge is -2.26. The molecule has 0 spiro atoms. The Bertz CT molecular complexity index is 1070. The van der Waals surface area contributed by atoms with Crippen molar-refractivity contribution < 1.29 is 33.7 Å². The van der Waals surface area contributed by atoms with Crippen LogP contribution in [0.5, 0.6) is 11.5 Å². The van der Waals surface area contributed by atoms with Crippen LogP contribution >= 0.6 is 0 Å². The van der Waals surface area contributed by atoms with Crippen molar-refractivity contribution in [1.29, 1.82) is 0 Å². The number of carbonyl (C=O) groups is 2. The summed E-state index contributed by atoms with van der Waals surface area (Å²) in [4.78, 5) is 30.0. The summed E-state index contributed by atoms with van der Waals surface area (Å²) in [6.45, 7) is 10.2. The molecule has 0 saturated heterocycles. The van der Waals surface area contributed by atoms with Gasteiger partial charge < -0.3 is 29.5 Å². The SMILES string of the molecule is COc1ccc(C(Nc2cc(OC)cc(/C(C)=N/OC(C)(C)C(=O)OC(C)(C)C)c2)C(=O)O)cc1. The molecule has 2 aromatic rings. The Morgan fingerprint density at radius 3 is 2.06 bits per heavy atom. The maximum absolute atomic E-state index is 12.4. The summed E-state index contributed by atoms with van der Waals surface area (Å²) < 4.78 is 15.9. The number of methoxy groups -OCH3 is 2. The predicted molar refractivity (Wildman–Crippen MR) is 133 cm³/mol. The summed E-state index contributed by atoms with van der Waals surface area (Å²) in [6.07, 6.45) is 0. The molecule has 0 fully saturated rings. The van der Waals surface area contributed by atoms with Crippen LogP contribution in [0.4, 0.5) is 5.69 Å². The van der Waals surface area contributed by atoms with Crippen molar-refractivity contribution in [3.8, 4) is 11.5 Å². The molecule has 0 heterocycles. The van der Waals surface area contributed by atoms with Crippen molar-refractivity contribution in [2.24, 2.45) is 5.16 Å². The fraction of sp³-hybridized carbons (Fsp3) is 0.423. The van der Waals surface area contributed by atoms with Crippen LogP contribution in [0.25, 0.3) is 0 Å². The first kappa shape index (κ1) is 27.5. The third kappa shape index (κ3) is 7.91. The minimum absolute atomic E-state index is 0.458. The second-order valence-electron chi connectivity index (χ2n) is 9.42. The van der Waals surface area contributed by atoms with Crippen molar-refractivity contribution in [2.75, 3.05) is 19.5 Å². The van der Waals surface area contributed by atoms with Gasteiger partial charge in [-0.05, 0) is 71.4 Å². The number of esters is 1. The summed E-state index contributed by atoms with van der Waals surface area (Å²) in [5.74, 6) is -0.474. The topological polar surface area (TPSA) is 116 Å². The van der Waals surface area contributed by atoms with Gasteiger partial charge in [-0.3, -0.25) is 0 Å². The van der Waals surface area contributed by atoms with Crippen LogP contribution < -0.4 is 14.8 Å². The van der Waals surface area contributed by atoms with Crippen molar-refractivity contribution in [1.82, 2.24) is 0 Å². The Hall–Kier alpha value is -3.75. The Morgan fingerprint density at radius 2 is 1.54 bits per heavy atom. The van der Waals surface area contributed by atoms with Gasteiger partial charge in [-0.15, -0.1) is 0 Å². The molecular formula is C26H34N2O7. The summed E-state index contributed by atoms with van der Waals surface area (Å²) in [5.41, 5.74) is 0.163. The van der Waals surface area contributed by atoms with Gasteiger partial charge >= 0.3 is 11.9 Å². The first-order valence-electron chi connectivity index (χ1n) is 11.0. The molecule has 9 heteroatoms. The summed E-state index contributed by atoms with van der Waals surface area (Å²) in [7, 11) is 3.05.